The quantitative estimate of drug-likeness (QED) is 0.0277. The third-order valence-corrected chi connectivity index (χ3v) is 12.3. The lowest BCUT2D eigenvalue weighted by Gasteiger charge is -2.40. The van der Waals surface area contributed by atoms with Gasteiger partial charge in [0.2, 0.25) is 5.91 Å². The van der Waals surface area contributed by atoms with Crippen molar-refractivity contribution in [1.82, 2.24) is 5.32 Å². The first-order chi connectivity index (χ1) is 28.5. The highest BCUT2D eigenvalue weighted by atomic mass is 16.7. The maximum absolute atomic E-state index is 13.1. The predicted molar refractivity (Wildman–Crippen MR) is 238 cm³/mol. The molecule has 1 saturated heterocycles. The van der Waals surface area contributed by atoms with Gasteiger partial charge in [0.25, 0.3) is 0 Å². The fourth-order valence-corrected chi connectivity index (χ4v) is 8.21. The van der Waals surface area contributed by atoms with Crippen molar-refractivity contribution >= 4 is 5.91 Å². The maximum Gasteiger partial charge on any atom is 0.249 e. The molecule has 352 valence electrons. The Morgan fingerprint density at radius 1 is 0.559 bits per heavy atom. The summed E-state index contributed by atoms with van der Waals surface area (Å²) in [6.45, 7) is 5.75. The standard InChI is InChI=1S/C48H95NO10/c1-4-5-6-7-8-9-10-11-12-13-14-15-16-17-18-19-22-26-29-32-35-41(52)47(57)49-39(37-58-48-46(56)45(55)44(54)42(36-50)59-48)43(53)40(51)34-31-28-25-23-20-21-24-27-30-33-38(2)3/h38-46,48,50-56H,4-37H2,1-3H3,(H,49,57)/t39-,40+,41+,42-,43-,44-,45-,46-,48-/m0/s1. The fourth-order valence-electron chi connectivity index (χ4n) is 8.21. The van der Waals surface area contributed by atoms with Crippen LogP contribution in [0.25, 0.3) is 0 Å². The largest absolute Gasteiger partial charge is 0.394 e. The van der Waals surface area contributed by atoms with Crippen LogP contribution in [0.3, 0.4) is 0 Å². The normalized spacial score (nSPS) is 21.8. The Kier molecular flexibility index (Phi) is 35.8. The van der Waals surface area contributed by atoms with Gasteiger partial charge in [0.15, 0.2) is 6.29 Å². The number of amides is 1. The number of rotatable bonds is 41. The predicted octanol–water partition coefficient (Wildman–Crippen LogP) is 8.53. The number of carbonyl (C=O) groups is 1. The summed E-state index contributed by atoms with van der Waals surface area (Å²) >= 11 is 0. The van der Waals surface area contributed by atoms with E-state index in [0.717, 1.165) is 44.4 Å². The van der Waals surface area contributed by atoms with Crippen LogP contribution in [0.15, 0.2) is 0 Å². The van der Waals surface area contributed by atoms with Crippen LogP contribution in [-0.2, 0) is 14.3 Å². The van der Waals surface area contributed by atoms with Crippen LogP contribution < -0.4 is 5.32 Å². The monoisotopic (exact) mass is 846 g/mol. The molecule has 1 rings (SSSR count). The Morgan fingerprint density at radius 2 is 0.949 bits per heavy atom. The number of aliphatic hydroxyl groups is 7. The first-order valence-electron chi connectivity index (χ1n) is 24.8. The summed E-state index contributed by atoms with van der Waals surface area (Å²) < 4.78 is 11.1. The van der Waals surface area contributed by atoms with E-state index in [1.54, 1.807) is 0 Å². The van der Waals surface area contributed by atoms with Gasteiger partial charge < -0.3 is 50.5 Å². The lowest BCUT2D eigenvalue weighted by molar-refractivity contribution is -0.303. The van der Waals surface area contributed by atoms with E-state index in [2.05, 4.69) is 26.1 Å². The fraction of sp³-hybridized carbons (Fsp3) is 0.979. The molecule has 0 aromatic heterocycles. The Hall–Kier alpha value is -0.890. The highest BCUT2D eigenvalue weighted by Crippen LogP contribution is 2.23. The minimum absolute atomic E-state index is 0.266. The molecule has 1 aliphatic rings. The van der Waals surface area contributed by atoms with Gasteiger partial charge in [-0.2, -0.15) is 0 Å². The smallest absolute Gasteiger partial charge is 0.249 e. The first kappa shape index (κ1) is 56.1. The van der Waals surface area contributed by atoms with Crippen LogP contribution in [0.5, 0.6) is 0 Å². The average Bonchev–Trinajstić information content (AvgIpc) is 3.22. The van der Waals surface area contributed by atoms with Gasteiger partial charge in [-0.05, 0) is 18.8 Å². The molecular weight excluding hydrogens is 751 g/mol. The number of carbonyl (C=O) groups excluding carboxylic acids is 1. The van der Waals surface area contributed by atoms with Crippen LogP contribution >= 0.6 is 0 Å². The Morgan fingerprint density at radius 3 is 1.36 bits per heavy atom. The van der Waals surface area contributed by atoms with E-state index in [9.17, 15) is 40.5 Å². The number of unbranched alkanes of at least 4 members (excludes halogenated alkanes) is 27. The lowest BCUT2D eigenvalue weighted by Crippen LogP contribution is -2.60. The molecule has 1 aliphatic heterocycles. The van der Waals surface area contributed by atoms with Crippen molar-refractivity contribution in [2.24, 2.45) is 5.92 Å². The van der Waals surface area contributed by atoms with Crippen molar-refractivity contribution in [3.05, 3.63) is 0 Å². The van der Waals surface area contributed by atoms with Gasteiger partial charge in [0.1, 0.15) is 36.6 Å². The van der Waals surface area contributed by atoms with Gasteiger partial charge in [-0.15, -0.1) is 0 Å². The number of hydrogen-bond donors (Lipinski definition) is 8. The SMILES string of the molecule is CCCCCCCCCCCCCCCCCCCCCC[C@@H](O)C(=O)N[C@@H](CO[C@H]1O[C@@H](CO)[C@H](O)[C@H](O)[C@@H]1O)[C@H](O)[C@H](O)CCCCCCCCCCCC(C)C. The summed E-state index contributed by atoms with van der Waals surface area (Å²) in [4.78, 5) is 13.1. The number of aliphatic hydroxyl groups excluding tert-OH is 7. The van der Waals surface area contributed by atoms with Crippen LogP contribution in [0, 0.1) is 5.92 Å². The Balaban J connectivity index is 2.37. The highest BCUT2D eigenvalue weighted by molar-refractivity contribution is 5.80. The van der Waals surface area contributed by atoms with E-state index in [-0.39, 0.29) is 6.42 Å². The zero-order valence-corrected chi connectivity index (χ0v) is 38.2. The van der Waals surface area contributed by atoms with Gasteiger partial charge in [-0.25, -0.2) is 0 Å². The molecule has 1 heterocycles. The molecule has 11 heteroatoms. The van der Waals surface area contributed by atoms with Gasteiger partial charge in [-0.3, -0.25) is 4.79 Å². The Bertz CT molecular complexity index is 941. The summed E-state index contributed by atoms with van der Waals surface area (Å²) in [7, 11) is 0. The van der Waals surface area contributed by atoms with Crippen LogP contribution in [0.2, 0.25) is 0 Å². The summed E-state index contributed by atoms with van der Waals surface area (Å²) in [5, 5.41) is 75.7. The van der Waals surface area contributed by atoms with E-state index < -0.39 is 74.2 Å². The molecular formula is C48H95NO10. The van der Waals surface area contributed by atoms with Crippen molar-refractivity contribution in [1.29, 1.82) is 0 Å². The third kappa shape index (κ3) is 28.4. The van der Waals surface area contributed by atoms with Crippen LogP contribution in [0.4, 0.5) is 0 Å². The van der Waals surface area contributed by atoms with Crippen LogP contribution in [-0.4, -0.2) is 110 Å². The number of nitrogens with one attached hydrogen (secondary N) is 1. The molecule has 0 saturated carbocycles. The van der Waals surface area contributed by atoms with Gasteiger partial charge in [0.05, 0.1) is 25.4 Å². The molecule has 0 aromatic carbocycles. The summed E-state index contributed by atoms with van der Waals surface area (Å²) in [6, 6.07) is -1.16. The zero-order valence-electron chi connectivity index (χ0n) is 38.2. The van der Waals surface area contributed by atoms with Crippen molar-refractivity contribution in [2.45, 2.75) is 281 Å². The highest BCUT2D eigenvalue weighted by Gasteiger charge is 2.44. The molecule has 0 aromatic rings. The molecule has 0 spiro atoms. The van der Waals surface area contributed by atoms with Gasteiger partial charge >= 0.3 is 0 Å². The third-order valence-electron chi connectivity index (χ3n) is 12.3. The first-order valence-corrected chi connectivity index (χ1v) is 24.8. The molecule has 0 unspecified atom stereocenters. The number of ether oxygens (including phenoxy) is 2. The van der Waals surface area contributed by atoms with E-state index in [1.807, 2.05) is 0 Å². The minimum atomic E-state index is -1.66. The van der Waals surface area contributed by atoms with E-state index in [4.69, 9.17) is 9.47 Å². The van der Waals surface area contributed by atoms with E-state index >= 15 is 0 Å². The molecule has 11 nitrogen and oxygen atoms in total. The minimum Gasteiger partial charge on any atom is -0.394 e. The second-order valence-electron chi connectivity index (χ2n) is 18.4. The molecule has 9 atom stereocenters. The summed E-state index contributed by atoms with van der Waals surface area (Å²) in [5.74, 6) is 0.0701. The van der Waals surface area contributed by atoms with Crippen molar-refractivity contribution in [3.63, 3.8) is 0 Å². The summed E-state index contributed by atoms with van der Waals surface area (Å²) in [5.41, 5.74) is 0. The van der Waals surface area contributed by atoms with Crippen molar-refractivity contribution in [3.8, 4) is 0 Å². The molecule has 0 aliphatic carbocycles. The molecule has 8 N–H and O–H groups in total. The molecule has 0 radical (unpaired) electrons. The second kappa shape index (κ2) is 37.6. The molecule has 0 bridgehead atoms. The van der Waals surface area contributed by atoms with Crippen LogP contribution in [0.1, 0.15) is 226 Å². The van der Waals surface area contributed by atoms with Crippen molar-refractivity contribution in [2.75, 3.05) is 13.2 Å². The second-order valence-corrected chi connectivity index (χ2v) is 18.4. The maximum atomic E-state index is 13.1. The topological polar surface area (TPSA) is 189 Å². The summed E-state index contributed by atoms with van der Waals surface area (Å²) in [6.07, 6.45) is 25.9. The zero-order chi connectivity index (χ0) is 43.5. The Labute approximate surface area is 360 Å². The van der Waals surface area contributed by atoms with Gasteiger partial charge in [-0.1, -0.05) is 213 Å². The van der Waals surface area contributed by atoms with Gasteiger partial charge in [0, 0.05) is 0 Å². The lowest BCUT2D eigenvalue weighted by atomic mass is 9.98. The van der Waals surface area contributed by atoms with E-state index in [0.29, 0.717) is 19.3 Å². The van der Waals surface area contributed by atoms with Crippen molar-refractivity contribution < 1.29 is 50.0 Å². The average molecular weight is 846 g/mol. The number of hydrogen-bond acceptors (Lipinski definition) is 10. The molecule has 1 fully saturated rings. The van der Waals surface area contributed by atoms with E-state index in [1.165, 1.54) is 141 Å². The molecule has 59 heavy (non-hydrogen) atoms. The molecule has 1 amide bonds.